The normalized spacial score (nSPS) is 32.8. The van der Waals surface area contributed by atoms with E-state index in [9.17, 15) is 9.90 Å². The Hall–Kier alpha value is -0.610. The predicted molar refractivity (Wildman–Crippen MR) is 43.6 cm³/mol. The highest BCUT2D eigenvalue weighted by atomic mass is 16.4. The molecule has 1 rings (SSSR count). The molecule has 4 heteroatoms. The Morgan fingerprint density at radius 3 is 2.67 bits per heavy atom. The first-order chi connectivity index (χ1) is 5.61. The Bertz CT molecular complexity index is 172. The van der Waals surface area contributed by atoms with Gasteiger partial charge in [0.2, 0.25) is 0 Å². The van der Waals surface area contributed by atoms with E-state index in [1.807, 2.05) is 0 Å². The molecule has 0 aromatic heterocycles. The van der Waals surface area contributed by atoms with E-state index in [-0.39, 0.29) is 12.0 Å². The van der Waals surface area contributed by atoms with Gasteiger partial charge < -0.3 is 15.9 Å². The molecule has 0 bridgehead atoms. The predicted octanol–water partition coefficient (Wildman–Crippen LogP) is -0.0506. The molecule has 70 valence electrons. The lowest BCUT2D eigenvalue weighted by Crippen LogP contribution is -2.41. The summed E-state index contributed by atoms with van der Waals surface area (Å²) < 4.78 is 0. The zero-order valence-corrected chi connectivity index (χ0v) is 6.94. The van der Waals surface area contributed by atoms with E-state index in [2.05, 4.69) is 0 Å². The van der Waals surface area contributed by atoms with Crippen LogP contribution in [0.5, 0.6) is 0 Å². The number of carboxylic acids is 1. The van der Waals surface area contributed by atoms with E-state index in [0.717, 1.165) is 19.3 Å². The Kier molecular flexibility index (Phi) is 3.05. The average molecular weight is 173 g/mol. The van der Waals surface area contributed by atoms with Crippen molar-refractivity contribution in [3.63, 3.8) is 0 Å². The lowest BCUT2D eigenvalue weighted by atomic mass is 9.83. The summed E-state index contributed by atoms with van der Waals surface area (Å²) >= 11 is 0. The van der Waals surface area contributed by atoms with Crippen molar-refractivity contribution in [2.45, 2.75) is 37.8 Å². The van der Waals surface area contributed by atoms with Crippen LogP contribution < -0.4 is 5.73 Å². The van der Waals surface area contributed by atoms with Crippen LogP contribution in [0.2, 0.25) is 0 Å². The fourth-order valence-electron chi connectivity index (χ4n) is 1.73. The van der Waals surface area contributed by atoms with Crippen molar-refractivity contribution in [3.8, 4) is 0 Å². The van der Waals surface area contributed by atoms with Gasteiger partial charge in [-0.1, -0.05) is 6.42 Å². The Labute approximate surface area is 71.4 Å². The maximum Gasteiger partial charge on any atom is 0.320 e. The minimum Gasteiger partial charge on any atom is -0.480 e. The van der Waals surface area contributed by atoms with Crippen LogP contribution >= 0.6 is 0 Å². The summed E-state index contributed by atoms with van der Waals surface area (Å²) in [5.41, 5.74) is 5.44. The van der Waals surface area contributed by atoms with Crippen molar-refractivity contribution in [3.05, 3.63) is 0 Å². The van der Waals surface area contributed by atoms with E-state index in [4.69, 9.17) is 10.8 Å². The molecule has 1 fully saturated rings. The topological polar surface area (TPSA) is 83.6 Å². The van der Waals surface area contributed by atoms with E-state index < -0.39 is 12.0 Å². The van der Waals surface area contributed by atoms with E-state index in [1.165, 1.54) is 0 Å². The molecule has 0 radical (unpaired) electrons. The van der Waals surface area contributed by atoms with Crippen LogP contribution in [0.25, 0.3) is 0 Å². The molecule has 4 N–H and O–H groups in total. The fourth-order valence-corrected chi connectivity index (χ4v) is 1.73. The van der Waals surface area contributed by atoms with Gasteiger partial charge in [-0.3, -0.25) is 4.79 Å². The second kappa shape index (κ2) is 3.87. The van der Waals surface area contributed by atoms with E-state index in [1.54, 1.807) is 0 Å². The molecule has 1 aliphatic carbocycles. The quantitative estimate of drug-likeness (QED) is 0.546. The van der Waals surface area contributed by atoms with Crippen LogP contribution in [-0.4, -0.2) is 28.3 Å². The molecule has 1 unspecified atom stereocenters. The number of carboxylic acid groups (broad SMARTS) is 1. The summed E-state index contributed by atoms with van der Waals surface area (Å²) in [6.45, 7) is 0. The standard InChI is InChI=1S/C8H15NO3/c9-7(8(11)12)5-2-1-3-6(10)4-5/h5-7,10H,1-4,9H2,(H,11,12)/t5-,6?,7-/m0/s1. The molecule has 0 spiro atoms. The molecule has 0 aromatic rings. The summed E-state index contributed by atoms with van der Waals surface area (Å²) in [5.74, 6) is -1.01. The lowest BCUT2D eigenvalue weighted by molar-refractivity contribution is -0.140. The molecule has 1 aliphatic rings. The molecular weight excluding hydrogens is 158 g/mol. The van der Waals surface area contributed by atoms with Crippen LogP contribution in [0.3, 0.4) is 0 Å². The molecule has 3 atom stereocenters. The maximum absolute atomic E-state index is 10.5. The summed E-state index contributed by atoms with van der Waals surface area (Å²) in [6.07, 6.45) is 2.67. The van der Waals surface area contributed by atoms with Crippen LogP contribution in [0.15, 0.2) is 0 Å². The fraction of sp³-hybridized carbons (Fsp3) is 0.875. The third-order valence-corrected chi connectivity index (χ3v) is 2.48. The Morgan fingerprint density at radius 1 is 1.50 bits per heavy atom. The SMILES string of the molecule is N[C@H](C(=O)O)[C@H]1CCCC(O)C1. The molecule has 0 aromatic carbocycles. The van der Waals surface area contributed by atoms with Crippen LogP contribution in [-0.2, 0) is 4.79 Å². The van der Waals surface area contributed by atoms with Gasteiger partial charge in [0, 0.05) is 0 Å². The molecular formula is C8H15NO3. The van der Waals surface area contributed by atoms with Crippen molar-refractivity contribution in [2.75, 3.05) is 0 Å². The summed E-state index contributed by atoms with van der Waals surface area (Å²) in [7, 11) is 0. The first kappa shape index (κ1) is 9.48. The van der Waals surface area contributed by atoms with Crippen molar-refractivity contribution in [2.24, 2.45) is 11.7 Å². The van der Waals surface area contributed by atoms with Crippen molar-refractivity contribution < 1.29 is 15.0 Å². The number of aliphatic carboxylic acids is 1. The van der Waals surface area contributed by atoms with Gasteiger partial charge in [0.05, 0.1) is 6.10 Å². The molecule has 4 nitrogen and oxygen atoms in total. The van der Waals surface area contributed by atoms with Gasteiger partial charge in [-0.05, 0) is 25.2 Å². The molecule has 0 heterocycles. The summed E-state index contributed by atoms with van der Waals surface area (Å²) in [6, 6.07) is -0.806. The third-order valence-electron chi connectivity index (χ3n) is 2.48. The first-order valence-corrected chi connectivity index (χ1v) is 4.27. The Morgan fingerprint density at radius 2 is 2.17 bits per heavy atom. The van der Waals surface area contributed by atoms with Gasteiger partial charge in [0.15, 0.2) is 0 Å². The van der Waals surface area contributed by atoms with Crippen LogP contribution in [0.4, 0.5) is 0 Å². The van der Waals surface area contributed by atoms with E-state index in [0.29, 0.717) is 6.42 Å². The zero-order chi connectivity index (χ0) is 9.14. The molecule has 0 aliphatic heterocycles. The number of carbonyl (C=O) groups is 1. The van der Waals surface area contributed by atoms with E-state index >= 15 is 0 Å². The highest BCUT2D eigenvalue weighted by Crippen LogP contribution is 2.26. The van der Waals surface area contributed by atoms with Crippen molar-refractivity contribution >= 4 is 5.97 Å². The minimum absolute atomic E-state index is 0.0498. The lowest BCUT2D eigenvalue weighted by Gasteiger charge is -2.28. The number of aliphatic hydroxyl groups is 1. The average Bonchev–Trinajstić information content (AvgIpc) is 2.03. The summed E-state index contributed by atoms with van der Waals surface area (Å²) in [4.78, 5) is 10.5. The second-order valence-corrected chi connectivity index (χ2v) is 3.44. The highest BCUT2D eigenvalue weighted by Gasteiger charge is 2.29. The number of rotatable bonds is 2. The number of nitrogens with two attached hydrogens (primary N) is 1. The maximum atomic E-state index is 10.5. The molecule has 12 heavy (non-hydrogen) atoms. The van der Waals surface area contributed by atoms with Gasteiger partial charge in [0.1, 0.15) is 6.04 Å². The van der Waals surface area contributed by atoms with Gasteiger partial charge in [-0.15, -0.1) is 0 Å². The minimum atomic E-state index is -0.964. The van der Waals surface area contributed by atoms with Gasteiger partial charge >= 0.3 is 5.97 Å². The molecule has 1 saturated carbocycles. The monoisotopic (exact) mass is 173 g/mol. The summed E-state index contributed by atoms with van der Waals surface area (Å²) in [5, 5.41) is 17.9. The Balaban J connectivity index is 2.45. The van der Waals surface area contributed by atoms with Crippen molar-refractivity contribution in [1.29, 1.82) is 0 Å². The van der Waals surface area contributed by atoms with Gasteiger partial charge in [-0.2, -0.15) is 0 Å². The largest absolute Gasteiger partial charge is 0.480 e. The zero-order valence-electron chi connectivity index (χ0n) is 6.94. The first-order valence-electron chi connectivity index (χ1n) is 4.27. The third kappa shape index (κ3) is 2.19. The van der Waals surface area contributed by atoms with Gasteiger partial charge in [0.25, 0.3) is 0 Å². The van der Waals surface area contributed by atoms with Crippen LogP contribution in [0, 0.1) is 5.92 Å². The number of hydrogen-bond donors (Lipinski definition) is 3. The number of hydrogen-bond acceptors (Lipinski definition) is 3. The highest BCUT2D eigenvalue weighted by molar-refractivity contribution is 5.73. The van der Waals surface area contributed by atoms with Crippen molar-refractivity contribution in [1.82, 2.24) is 0 Å². The number of aliphatic hydroxyl groups excluding tert-OH is 1. The second-order valence-electron chi connectivity index (χ2n) is 3.44. The smallest absolute Gasteiger partial charge is 0.320 e. The molecule has 0 amide bonds. The van der Waals surface area contributed by atoms with Crippen LogP contribution in [0.1, 0.15) is 25.7 Å². The molecule has 0 saturated heterocycles. The van der Waals surface area contributed by atoms with Gasteiger partial charge in [-0.25, -0.2) is 0 Å².